The minimum absolute atomic E-state index is 0.306. The van der Waals surface area contributed by atoms with Crippen molar-refractivity contribution in [2.24, 2.45) is 0 Å². The van der Waals surface area contributed by atoms with Crippen molar-refractivity contribution < 1.29 is 14.9 Å². The van der Waals surface area contributed by atoms with Crippen LogP contribution >= 0.6 is 11.3 Å². The molecule has 0 aliphatic carbocycles. The first-order chi connectivity index (χ1) is 9.94. The van der Waals surface area contributed by atoms with Gasteiger partial charge in [0, 0.05) is 24.4 Å². The van der Waals surface area contributed by atoms with Crippen LogP contribution in [-0.4, -0.2) is 53.2 Å². The van der Waals surface area contributed by atoms with E-state index in [9.17, 15) is 10.2 Å². The van der Waals surface area contributed by atoms with Crippen molar-refractivity contribution in [1.82, 2.24) is 10.3 Å². The first-order valence-electron chi connectivity index (χ1n) is 7.52. The summed E-state index contributed by atoms with van der Waals surface area (Å²) in [5.74, 6) is 0. The van der Waals surface area contributed by atoms with Gasteiger partial charge in [-0.1, -0.05) is 13.3 Å². The normalized spacial score (nSPS) is 15.9. The molecule has 0 amide bonds. The second kappa shape index (κ2) is 9.48. The molecule has 0 saturated heterocycles. The lowest BCUT2D eigenvalue weighted by atomic mass is 10.0. The van der Waals surface area contributed by atoms with Gasteiger partial charge in [-0.15, -0.1) is 11.3 Å². The summed E-state index contributed by atoms with van der Waals surface area (Å²) in [6.45, 7) is 7.66. The topological polar surface area (TPSA) is 74.6 Å². The van der Waals surface area contributed by atoms with E-state index in [1.807, 2.05) is 26.3 Å². The number of ether oxygens (including phenoxy) is 1. The number of aliphatic hydroxyl groups is 2. The third-order valence-corrected chi connectivity index (χ3v) is 4.30. The maximum Gasteiger partial charge on any atom is 0.0897 e. The number of nitrogens with one attached hydrogen (secondary N) is 1. The minimum atomic E-state index is -0.709. The second-order valence-electron chi connectivity index (χ2n) is 5.72. The Morgan fingerprint density at radius 3 is 2.90 bits per heavy atom. The summed E-state index contributed by atoms with van der Waals surface area (Å²) in [4.78, 5) is 5.42. The lowest BCUT2D eigenvalue weighted by Crippen LogP contribution is -2.41. The van der Waals surface area contributed by atoms with Crippen LogP contribution in [0.25, 0.3) is 0 Å². The first-order valence-corrected chi connectivity index (χ1v) is 8.40. The average molecular weight is 316 g/mol. The van der Waals surface area contributed by atoms with Gasteiger partial charge in [0.05, 0.1) is 36.1 Å². The summed E-state index contributed by atoms with van der Waals surface area (Å²) in [6.07, 6.45) is 1.98. The number of aromatic nitrogens is 1. The Morgan fingerprint density at radius 1 is 1.52 bits per heavy atom. The molecular formula is C15H28N2O3S. The fourth-order valence-corrected chi connectivity index (χ4v) is 2.91. The SMILES string of the molecule is CCCC(C)(O)CNCC(O)COCCc1scnc1C. The molecule has 2 atom stereocenters. The van der Waals surface area contributed by atoms with Crippen LogP contribution in [0.15, 0.2) is 5.51 Å². The molecule has 1 aromatic heterocycles. The predicted molar refractivity (Wildman–Crippen MR) is 85.8 cm³/mol. The van der Waals surface area contributed by atoms with Gasteiger partial charge in [-0.25, -0.2) is 4.98 Å². The van der Waals surface area contributed by atoms with Crippen molar-refractivity contribution in [2.45, 2.75) is 51.7 Å². The van der Waals surface area contributed by atoms with Gasteiger partial charge < -0.3 is 20.3 Å². The van der Waals surface area contributed by atoms with E-state index >= 15 is 0 Å². The summed E-state index contributed by atoms with van der Waals surface area (Å²) < 4.78 is 5.48. The van der Waals surface area contributed by atoms with Gasteiger partial charge in [-0.3, -0.25) is 0 Å². The van der Waals surface area contributed by atoms with Gasteiger partial charge in [-0.2, -0.15) is 0 Å². The highest BCUT2D eigenvalue weighted by Crippen LogP contribution is 2.12. The predicted octanol–water partition coefficient (Wildman–Crippen LogP) is 1.51. The molecule has 6 heteroatoms. The summed E-state index contributed by atoms with van der Waals surface area (Å²) in [7, 11) is 0. The van der Waals surface area contributed by atoms with E-state index in [1.165, 1.54) is 4.88 Å². The van der Waals surface area contributed by atoms with Gasteiger partial charge in [0.2, 0.25) is 0 Å². The van der Waals surface area contributed by atoms with E-state index in [2.05, 4.69) is 10.3 Å². The molecule has 122 valence electrons. The molecule has 0 aliphatic heterocycles. The van der Waals surface area contributed by atoms with Gasteiger partial charge in [-0.05, 0) is 20.3 Å². The zero-order chi connectivity index (χ0) is 15.7. The van der Waals surface area contributed by atoms with Crippen LogP contribution in [0.2, 0.25) is 0 Å². The lowest BCUT2D eigenvalue weighted by molar-refractivity contribution is 0.0250. The van der Waals surface area contributed by atoms with Gasteiger partial charge in [0.1, 0.15) is 0 Å². The molecule has 0 aliphatic rings. The van der Waals surface area contributed by atoms with Crippen LogP contribution < -0.4 is 5.32 Å². The largest absolute Gasteiger partial charge is 0.389 e. The number of rotatable bonds is 11. The maximum atomic E-state index is 9.99. The number of aryl methyl sites for hydroxylation is 1. The highest BCUT2D eigenvalue weighted by atomic mass is 32.1. The maximum absolute atomic E-state index is 9.99. The van der Waals surface area contributed by atoms with Crippen LogP contribution in [0.3, 0.4) is 0 Å². The molecule has 3 N–H and O–H groups in total. The Labute approximate surface area is 131 Å². The molecule has 2 unspecified atom stereocenters. The third kappa shape index (κ3) is 7.87. The molecule has 0 saturated carbocycles. The monoisotopic (exact) mass is 316 g/mol. The van der Waals surface area contributed by atoms with E-state index < -0.39 is 11.7 Å². The molecule has 0 aromatic carbocycles. The molecule has 21 heavy (non-hydrogen) atoms. The van der Waals surface area contributed by atoms with Gasteiger partial charge >= 0.3 is 0 Å². The van der Waals surface area contributed by atoms with Crippen LogP contribution in [0.5, 0.6) is 0 Å². The van der Waals surface area contributed by atoms with E-state index in [-0.39, 0.29) is 0 Å². The molecule has 0 spiro atoms. The highest BCUT2D eigenvalue weighted by Gasteiger charge is 2.18. The van der Waals surface area contributed by atoms with Crippen LogP contribution in [0.4, 0.5) is 0 Å². The van der Waals surface area contributed by atoms with Crippen molar-refractivity contribution in [3.8, 4) is 0 Å². The molecule has 0 fully saturated rings. The fraction of sp³-hybridized carbons (Fsp3) is 0.800. The van der Waals surface area contributed by atoms with Crippen LogP contribution in [0, 0.1) is 6.92 Å². The summed E-state index contributed by atoms with van der Waals surface area (Å²) in [5.41, 5.74) is 2.19. The Kier molecular flexibility index (Phi) is 8.36. The molecule has 1 heterocycles. The smallest absolute Gasteiger partial charge is 0.0897 e. The van der Waals surface area contributed by atoms with E-state index in [0.717, 1.165) is 25.0 Å². The number of nitrogens with zero attached hydrogens (tertiary/aromatic N) is 1. The molecule has 1 rings (SSSR count). The lowest BCUT2D eigenvalue weighted by Gasteiger charge is -2.23. The van der Waals surface area contributed by atoms with E-state index in [4.69, 9.17) is 4.74 Å². The molecule has 0 bridgehead atoms. The standard InChI is InChI=1S/C15H28N2O3S/c1-4-6-15(3,19)10-16-8-13(18)9-20-7-5-14-12(2)17-11-21-14/h11,13,16,18-19H,4-10H2,1-3H3. The quantitative estimate of drug-likeness (QED) is 0.540. The van der Waals surface area contributed by atoms with Gasteiger partial charge in [0.25, 0.3) is 0 Å². The third-order valence-electron chi connectivity index (χ3n) is 3.30. The Morgan fingerprint density at radius 2 is 2.29 bits per heavy atom. The molecule has 0 radical (unpaired) electrons. The zero-order valence-electron chi connectivity index (χ0n) is 13.3. The average Bonchev–Trinajstić information content (AvgIpc) is 2.80. The Balaban J connectivity index is 2.06. The van der Waals surface area contributed by atoms with Crippen LogP contribution in [-0.2, 0) is 11.2 Å². The van der Waals surface area contributed by atoms with E-state index in [0.29, 0.717) is 26.3 Å². The number of hydrogen-bond acceptors (Lipinski definition) is 6. The number of thiazole rings is 1. The van der Waals surface area contributed by atoms with E-state index in [1.54, 1.807) is 11.3 Å². The first kappa shape index (κ1) is 18.5. The minimum Gasteiger partial charge on any atom is -0.389 e. The number of hydrogen-bond donors (Lipinski definition) is 3. The van der Waals surface area contributed by atoms with Crippen molar-refractivity contribution in [3.63, 3.8) is 0 Å². The Hall–Kier alpha value is -0.530. The summed E-state index contributed by atoms with van der Waals surface area (Å²) >= 11 is 1.64. The molecular weight excluding hydrogens is 288 g/mol. The van der Waals surface area contributed by atoms with Crippen molar-refractivity contribution >= 4 is 11.3 Å². The number of aliphatic hydroxyl groups excluding tert-OH is 1. The summed E-state index contributed by atoms with van der Waals surface area (Å²) in [5, 5.41) is 22.9. The van der Waals surface area contributed by atoms with Crippen molar-refractivity contribution in [2.75, 3.05) is 26.3 Å². The second-order valence-corrected chi connectivity index (χ2v) is 6.66. The Bertz CT molecular complexity index is 396. The molecule has 5 nitrogen and oxygen atoms in total. The van der Waals surface area contributed by atoms with Crippen molar-refractivity contribution in [1.29, 1.82) is 0 Å². The fourth-order valence-electron chi connectivity index (χ4n) is 2.14. The van der Waals surface area contributed by atoms with Gasteiger partial charge in [0.15, 0.2) is 0 Å². The van der Waals surface area contributed by atoms with Crippen molar-refractivity contribution in [3.05, 3.63) is 16.1 Å². The zero-order valence-corrected chi connectivity index (χ0v) is 14.1. The summed E-state index contributed by atoms with van der Waals surface area (Å²) in [6, 6.07) is 0. The molecule has 1 aromatic rings. The van der Waals surface area contributed by atoms with Crippen LogP contribution in [0.1, 0.15) is 37.3 Å². The highest BCUT2D eigenvalue weighted by molar-refractivity contribution is 7.09.